The first kappa shape index (κ1) is 21.3. The Labute approximate surface area is 182 Å². The van der Waals surface area contributed by atoms with E-state index in [0.29, 0.717) is 17.3 Å². The Morgan fingerprint density at radius 3 is 1.97 bits per heavy atom. The number of hydrogen-bond donors (Lipinski definition) is 1. The Morgan fingerprint density at radius 1 is 0.875 bits per heavy atom. The van der Waals surface area contributed by atoms with Gasteiger partial charge in [0.15, 0.2) is 11.9 Å². The summed E-state index contributed by atoms with van der Waals surface area (Å²) in [5.41, 5.74) is -0.516. The zero-order valence-electron chi connectivity index (χ0n) is 16.6. The standard InChI is InChI=1S/C24H18F3N3O2/c25-24(26,27)21-16-20(30(28-21)19-14-8-3-9-15-19)23(32)29(18-12-6-2-7-13-18)22(31)17-10-4-1-5-11-17/h1-16,22,31H. The number of carbonyl (C=O) groups excluding carboxylic acids is 1. The summed E-state index contributed by atoms with van der Waals surface area (Å²) in [5.74, 6) is -0.834. The Hall–Kier alpha value is -3.91. The summed E-state index contributed by atoms with van der Waals surface area (Å²) < 4.78 is 41.3. The molecule has 0 bridgehead atoms. The monoisotopic (exact) mass is 437 g/mol. The maximum atomic E-state index is 13.6. The topological polar surface area (TPSA) is 58.4 Å². The van der Waals surface area contributed by atoms with Gasteiger partial charge in [-0.15, -0.1) is 0 Å². The van der Waals surface area contributed by atoms with Crippen molar-refractivity contribution in [1.82, 2.24) is 9.78 Å². The van der Waals surface area contributed by atoms with Crippen LogP contribution < -0.4 is 4.90 Å². The predicted molar refractivity (Wildman–Crippen MR) is 113 cm³/mol. The molecule has 1 unspecified atom stereocenters. The second-order valence-corrected chi connectivity index (χ2v) is 6.95. The number of hydrogen-bond acceptors (Lipinski definition) is 3. The summed E-state index contributed by atoms with van der Waals surface area (Å²) >= 11 is 0. The Bertz CT molecular complexity index is 1190. The molecule has 5 nitrogen and oxygen atoms in total. The largest absolute Gasteiger partial charge is 0.435 e. The zero-order chi connectivity index (χ0) is 22.7. The Balaban J connectivity index is 1.86. The van der Waals surface area contributed by atoms with E-state index in [1.54, 1.807) is 91.0 Å². The summed E-state index contributed by atoms with van der Waals surface area (Å²) in [6, 6.07) is 25.4. The minimum atomic E-state index is -4.75. The van der Waals surface area contributed by atoms with Gasteiger partial charge in [-0.3, -0.25) is 9.69 Å². The summed E-state index contributed by atoms with van der Waals surface area (Å²) in [6.07, 6.45) is -6.18. The van der Waals surface area contributed by atoms with E-state index in [0.717, 1.165) is 9.58 Å². The van der Waals surface area contributed by atoms with E-state index in [2.05, 4.69) is 5.10 Å². The lowest BCUT2D eigenvalue weighted by Crippen LogP contribution is -2.36. The minimum absolute atomic E-state index is 0.286. The Morgan fingerprint density at radius 2 is 1.41 bits per heavy atom. The first-order valence-corrected chi connectivity index (χ1v) is 9.70. The van der Waals surface area contributed by atoms with Crippen molar-refractivity contribution in [1.29, 1.82) is 0 Å². The number of aromatic nitrogens is 2. The fraction of sp³-hybridized carbons (Fsp3) is 0.0833. The van der Waals surface area contributed by atoms with Crippen LogP contribution in [0.5, 0.6) is 0 Å². The maximum Gasteiger partial charge on any atom is 0.435 e. The molecule has 1 aromatic heterocycles. The van der Waals surface area contributed by atoms with Gasteiger partial charge in [0.2, 0.25) is 0 Å². The van der Waals surface area contributed by atoms with Crippen LogP contribution in [0.1, 0.15) is 28.0 Å². The van der Waals surface area contributed by atoms with Crippen LogP contribution in [0.15, 0.2) is 97.1 Å². The van der Waals surface area contributed by atoms with Gasteiger partial charge in [0.1, 0.15) is 5.69 Å². The highest BCUT2D eigenvalue weighted by Gasteiger charge is 2.38. The number of anilines is 1. The highest BCUT2D eigenvalue weighted by Crippen LogP contribution is 2.32. The molecule has 0 aliphatic heterocycles. The van der Waals surface area contributed by atoms with Crippen molar-refractivity contribution in [2.75, 3.05) is 4.90 Å². The maximum absolute atomic E-state index is 13.6. The number of aliphatic hydroxyl groups excluding tert-OH is 1. The highest BCUT2D eigenvalue weighted by molar-refractivity contribution is 6.05. The van der Waals surface area contributed by atoms with E-state index in [1.165, 1.54) is 0 Å². The van der Waals surface area contributed by atoms with Gasteiger partial charge in [-0.05, 0) is 24.3 Å². The van der Waals surface area contributed by atoms with Crippen LogP contribution in [-0.2, 0) is 6.18 Å². The van der Waals surface area contributed by atoms with Crippen molar-refractivity contribution < 1.29 is 23.1 Å². The molecule has 8 heteroatoms. The van der Waals surface area contributed by atoms with E-state index < -0.39 is 24.0 Å². The average Bonchev–Trinajstić information content (AvgIpc) is 3.27. The molecule has 32 heavy (non-hydrogen) atoms. The molecule has 1 atom stereocenters. The molecule has 0 saturated heterocycles. The first-order valence-electron chi connectivity index (χ1n) is 9.70. The van der Waals surface area contributed by atoms with E-state index in [4.69, 9.17) is 0 Å². The van der Waals surface area contributed by atoms with Gasteiger partial charge in [0.25, 0.3) is 5.91 Å². The molecule has 4 rings (SSSR count). The van der Waals surface area contributed by atoms with Crippen molar-refractivity contribution in [3.8, 4) is 5.69 Å². The predicted octanol–water partition coefficient (Wildman–Crippen LogP) is 5.23. The molecular formula is C24H18F3N3O2. The fourth-order valence-corrected chi connectivity index (χ4v) is 3.29. The molecular weight excluding hydrogens is 419 g/mol. The number of aliphatic hydroxyl groups is 1. The molecule has 162 valence electrons. The number of halogens is 3. The van der Waals surface area contributed by atoms with Crippen molar-refractivity contribution in [2.24, 2.45) is 0 Å². The number of nitrogens with zero attached hydrogens (tertiary/aromatic N) is 3. The second-order valence-electron chi connectivity index (χ2n) is 6.95. The Kier molecular flexibility index (Phi) is 5.79. The number of para-hydroxylation sites is 2. The van der Waals surface area contributed by atoms with E-state index >= 15 is 0 Å². The van der Waals surface area contributed by atoms with Crippen molar-refractivity contribution in [2.45, 2.75) is 12.4 Å². The normalized spacial score (nSPS) is 12.4. The molecule has 0 saturated carbocycles. The minimum Gasteiger partial charge on any atom is -0.369 e. The molecule has 1 heterocycles. The quantitative estimate of drug-likeness (QED) is 0.435. The van der Waals surface area contributed by atoms with Gasteiger partial charge < -0.3 is 5.11 Å². The van der Waals surface area contributed by atoms with Gasteiger partial charge in [-0.1, -0.05) is 66.7 Å². The number of rotatable bonds is 5. The number of benzene rings is 3. The summed E-state index contributed by atoms with van der Waals surface area (Å²) in [4.78, 5) is 14.7. The lowest BCUT2D eigenvalue weighted by Gasteiger charge is -2.28. The van der Waals surface area contributed by atoms with Crippen LogP contribution in [0, 0.1) is 0 Å². The van der Waals surface area contributed by atoms with Crippen molar-refractivity contribution in [3.63, 3.8) is 0 Å². The van der Waals surface area contributed by atoms with Crippen molar-refractivity contribution in [3.05, 3.63) is 114 Å². The van der Waals surface area contributed by atoms with Crippen LogP contribution >= 0.6 is 0 Å². The third-order valence-electron chi connectivity index (χ3n) is 4.82. The van der Waals surface area contributed by atoms with E-state index in [1.807, 2.05) is 0 Å². The van der Waals surface area contributed by atoms with Gasteiger partial charge in [0.05, 0.1) is 5.69 Å². The first-order chi connectivity index (χ1) is 15.4. The number of carbonyl (C=O) groups is 1. The molecule has 0 aliphatic carbocycles. The number of amides is 1. The third-order valence-corrected chi connectivity index (χ3v) is 4.82. The summed E-state index contributed by atoms with van der Waals surface area (Å²) in [7, 11) is 0. The summed E-state index contributed by atoms with van der Waals surface area (Å²) in [5, 5.41) is 14.7. The second kappa shape index (κ2) is 8.68. The van der Waals surface area contributed by atoms with Crippen LogP contribution in [0.25, 0.3) is 5.69 Å². The third kappa shape index (κ3) is 4.26. The molecule has 4 aromatic rings. The van der Waals surface area contributed by atoms with Crippen LogP contribution in [0.3, 0.4) is 0 Å². The van der Waals surface area contributed by atoms with Crippen LogP contribution in [0.4, 0.5) is 18.9 Å². The smallest absolute Gasteiger partial charge is 0.369 e. The summed E-state index contributed by atoms with van der Waals surface area (Å²) in [6.45, 7) is 0. The number of alkyl halides is 3. The zero-order valence-corrected chi connectivity index (χ0v) is 16.6. The van der Waals surface area contributed by atoms with Gasteiger partial charge in [-0.2, -0.15) is 18.3 Å². The van der Waals surface area contributed by atoms with Gasteiger partial charge in [0, 0.05) is 17.3 Å². The SMILES string of the molecule is O=C(c1cc(C(F)(F)F)nn1-c1ccccc1)N(c1ccccc1)C(O)c1ccccc1. The lowest BCUT2D eigenvalue weighted by atomic mass is 10.1. The fourth-order valence-electron chi connectivity index (χ4n) is 3.29. The average molecular weight is 437 g/mol. The van der Waals surface area contributed by atoms with Crippen LogP contribution in [0.2, 0.25) is 0 Å². The van der Waals surface area contributed by atoms with Crippen molar-refractivity contribution >= 4 is 11.6 Å². The molecule has 0 radical (unpaired) electrons. The van der Waals surface area contributed by atoms with Crippen LogP contribution in [-0.4, -0.2) is 20.8 Å². The molecule has 1 N–H and O–H groups in total. The molecule has 0 fully saturated rings. The van der Waals surface area contributed by atoms with E-state index in [9.17, 15) is 23.1 Å². The molecule has 3 aromatic carbocycles. The molecule has 1 amide bonds. The molecule has 0 aliphatic rings. The van der Waals surface area contributed by atoms with Gasteiger partial charge in [-0.25, -0.2) is 4.68 Å². The highest BCUT2D eigenvalue weighted by atomic mass is 19.4. The van der Waals surface area contributed by atoms with E-state index in [-0.39, 0.29) is 11.4 Å². The molecule has 0 spiro atoms. The van der Waals surface area contributed by atoms with Gasteiger partial charge >= 0.3 is 6.18 Å². The lowest BCUT2D eigenvalue weighted by molar-refractivity contribution is -0.141.